The van der Waals surface area contributed by atoms with Crippen LogP contribution in [0.15, 0.2) is 4.99 Å². The molecular formula is C16H31N3O. The van der Waals surface area contributed by atoms with Gasteiger partial charge in [-0.15, -0.1) is 0 Å². The minimum Gasteiger partial charge on any atom is -0.376 e. The fourth-order valence-electron chi connectivity index (χ4n) is 3.13. The number of rotatable bonds is 4. The molecule has 2 aliphatic rings. The number of nitrogens with two attached hydrogens (primary N) is 1. The van der Waals surface area contributed by atoms with Crippen LogP contribution in [0.25, 0.3) is 0 Å². The lowest BCUT2D eigenvalue weighted by Crippen LogP contribution is -2.42. The van der Waals surface area contributed by atoms with Crippen LogP contribution in [0.4, 0.5) is 0 Å². The predicted octanol–water partition coefficient (Wildman–Crippen LogP) is 2.77. The van der Waals surface area contributed by atoms with Crippen molar-refractivity contribution in [3.05, 3.63) is 0 Å². The number of piperidine rings is 1. The van der Waals surface area contributed by atoms with E-state index in [0.29, 0.717) is 18.6 Å². The molecule has 1 aliphatic heterocycles. The Hall–Kier alpha value is -0.770. The molecule has 4 heteroatoms. The summed E-state index contributed by atoms with van der Waals surface area (Å²) < 4.78 is 5.94. The van der Waals surface area contributed by atoms with Crippen molar-refractivity contribution in [2.75, 3.05) is 26.2 Å². The minimum absolute atomic E-state index is 0.463. The van der Waals surface area contributed by atoms with Crippen LogP contribution < -0.4 is 5.73 Å². The minimum atomic E-state index is 0.463. The van der Waals surface area contributed by atoms with Crippen LogP contribution in [0.5, 0.6) is 0 Å². The van der Waals surface area contributed by atoms with Crippen molar-refractivity contribution >= 4 is 5.96 Å². The number of likely N-dealkylation sites (tertiary alicyclic amines) is 1. The van der Waals surface area contributed by atoms with Gasteiger partial charge in [-0.05, 0) is 31.6 Å². The molecule has 1 saturated carbocycles. The van der Waals surface area contributed by atoms with Crippen molar-refractivity contribution in [3.8, 4) is 0 Å². The van der Waals surface area contributed by atoms with Crippen LogP contribution in [0.1, 0.15) is 58.3 Å². The van der Waals surface area contributed by atoms with E-state index in [1.54, 1.807) is 0 Å². The molecule has 4 nitrogen and oxygen atoms in total. The maximum Gasteiger partial charge on any atom is 0.191 e. The third kappa shape index (κ3) is 5.31. The molecule has 0 unspecified atom stereocenters. The quantitative estimate of drug-likeness (QED) is 0.373. The maximum atomic E-state index is 6.06. The van der Waals surface area contributed by atoms with Crippen molar-refractivity contribution in [2.24, 2.45) is 16.6 Å². The third-order valence-corrected chi connectivity index (χ3v) is 4.63. The van der Waals surface area contributed by atoms with Crippen LogP contribution in [-0.4, -0.2) is 43.2 Å². The highest BCUT2D eigenvalue weighted by molar-refractivity contribution is 5.78. The number of nitrogens with zero attached hydrogens (tertiary/aromatic N) is 2. The standard InChI is InChI=1S/C16H31N3O/c1-14-8-11-19(12-9-14)16(17)18-10-13-20-15-6-4-2-3-5-7-15/h14-15H,2-13H2,1H3,(H2,17,18). The second-order valence-electron chi connectivity index (χ2n) is 6.39. The summed E-state index contributed by atoms with van der Waals surface area (Å²) in [6.07, 6.45) is 10.8. The molecular weight excluding hydrogens is 250 g/mol. The van der Waals surface area contributed by atoms with E-state index in [4.69, 9.17) is 10.5 Å². The van der Waals surface area contributed by atoms with E-state index >= 15 is 0 Å². The number of ether oxygens (including phenoxy) is 1. The molecule has 20 heavy (non-hydrogen) atoms. The van der Waals surface area contributed by atoms with Crippen LogP contribution in [0, 0.1) is 5.92 Å². The average molecular weight is 281 g/mol. The van der Waals surface area contributed by atoms with Gasteiger partial charge in [0.2, 0.25) is 0 Å². The van der Waals surface area contributed by atoms with E-state index in [9.17, 15) is 0 Å². The molecule has 0 aromatic carbocycles. The zero-order chi connectivity index (χ0) is 14.2. The van der Waals surface area contributed by atoms with Gasteiger partial charge in [-0.3, -0.25) is 4.99 Å². The van der Waals surface area contributed by atoms with Gasteiger partial charge in [0.25, 0.3) is 0 Å². The first-order chi connectivity index (χ1) is 9.75. The highest BCUT2D eigenvalue weighted by Gasteiger charge is 2.17. The first-order valence-corrected chi connectivity index (χ1v) is 8.42. The molecule has 0 radical (unpaired) electrons. The Morgan fingerprint density at radius 3 is 2.40 bits per heavy atom. The molecule has 0 spiro atoms. The van der Waals surface area contributed by atoms with Crippen molar-refractivity contribution < 1.29 is 4.74 Å². The summed E-state index contributed by atoms with van der Waals surface area (Å²) in [6.45, 7) is 5.84. The molecule has 0 bridgehead atoms. The Morgan fingerprint density at radius 2 is 1.75 bits per heavy atom. The summed E-state index contributed by atoms with van der Waals surface area (Å²) in [7, 11) is 0. The summed E-state index contributed by atoms with van der Waals surface area (Å²) in [5, 5.41) is 0. The van der Waals surface area contributed by atoms with E-state index < -0.39 is 0 Å². The van der Waals surface area contributed by atoms with E-state index in [1.807, 2.05) is 0 Å². The van der Waals surface area contributed by atoms with Crippen molar-refractivity contribution in [1.29, 1.82) is 0 Å². The summed E-state index contributed by atoms with van der Waals surface area (Å²) >= 11 is 0. The smallest absolute Gasteiger partial charge is 0.191 e. The fraction of sp³-hybridized carbons (Fsp3) is 0.938. The normalized spacial score (nSPS) is 23.9. The molecule has 2 fully saturated rings. The molecule has 116 valence electrons. The van der Waals surface area contributed by atoms with Crippen molar-refractivity contribution in [3.63, 3.8) is 0 Å². The SMILES string of the molecule is CC1CCN(C(N)=NCCOC2CCCCCC2)CC1. The highest BCUT2D eigenvalue weighted by atomic mass is 16.5. The number of guanidine groups is 1. The first-order valence-electron chi connectivity index (χ1n) is 8.42. The molecule has 1 aliphatic carbocycles. The lowest BCUT2D eigenvalue weighted by atomic mass is 10.00. The maximum absolute atomic E-state index is 6.06. The highest BCUT2D eigenvalue weighted by Crippen LogP contribution is 2.19. The third-order valence-electron chi connectivity index (χ3n) is 4.63. The van der Waals surface area contributed by atoms with Gasteiger partial charge >= 0.3 is 0 Å². The van der Waals surface area contributed by atoms with Gasteiger partial charge < -0.3 is 15.4 Å². The molecule has 0 amide bonds. The Bertz CT molecular complexity index is 290. The van der Waals surface area contributed by atoms with Crippen molar-refractivity contribution in [1.82, 2.24) is 4.90 Å². The Morgan fingerprint density at radius 1 is 1.10 bits per heavy atom. The Balaban J connectivity index is 1.62. The molecule has 0 aromatic rings. The number of aliphatic imine (C=N–C) groups is 1. The van der Waals surface area contributed by atoms with Crippen molar-refractivity contribution in [2.45, 2.75) is 64.4 Å². The van der Waals surface area contributed by atoms with Gasteiger partial charge in [-0.2, -0.15) is 0 Å². The summed E-state index contributed by atoms with van der Waals surface area (Å²) in [4.78, 5) is 6.69. The molecule has 2 N–H and O–H groups in total. The predicted molar refractivity (Wildman–Crippen MR) is 83.9 cm³/mol. The van der Waals surface area contributed by atoms with E-state index in [-0.39, 0.29) is 0 Å². The second kappa shape index (κ2) is 8.50. The van der Waals surface area contributed by atoms with Gasteiger partial charge in [-0.25, -0.2) is 0 Å². The van der Waals surface area contributed by atoms with Gasteiger partial charge in [0, 0.05) is 13.1 Å². The van der Waals surface area contributed by atoms with Gasteiger partial charge in [0.1, 0.15) is 0 Å². The topological polar surface area (TPSA) is 50.8 Å². The molecule has 1 saturated heterocycles. The summed E-state index contributed by atoms with van der Waals surface area (Å²) in [5.41, 5.74) is 6.06. The Labute approximate surface area is 123 Å². The molecule has 1 heterocycles. The average Bonchev–Trinajstić information content (AvgIpc) is 2.73. The van der Waals surface area contributed by atoms with Gasteiger partial charge in [0.05, 0.1) is 19.3 Å². The fourth-order valence-corrected chi connectivity index (χ4v) is 3.13. The van der Waals surface area contributed by atoms with E-state index in [1.165, 1.54) is 51.4 Å². The zero-order valence-corrected chi connectivity index (χ0v) is 13.0. The van der Waals surface area contributed by atoms with E-state index in [0.717, 1.165) is 25.6 Å². The van der Waals surface area contributed by atoms with Gasteiger partial charge in [-0.1, -0.05) is 32.6 Å². The molecule has 2 rings (SSSR count). The molecule has 0 aromatic heterocycles. The largest absolute Gasteiger partial charge is 0.376 e. The number of hydrogen-bond donors (Lipinski definition) is 1. The van der Waals surface area contributed by atoms with Crippen LogP contribution in [-0.2, 0) is 4.74 Å². The Kier molecular flexibility index (Phi) is 6.64. The summed E-state index contributed by atoms with van der Waals surface area (Å²) in [5.74, 6) is 1.54. The molecule has 0 atom stereocenters. The second-order valence-corrected chi connectivity index (χ2v) is 6.39. The zero-order valence-electron chi connectivity index (χ0n) is 13.0. The van der Waals surface area contributed by atoms with Crippen LogP contribution in [0.2, 0.25) is 0 Å². The summed E-state index contributed by atoms with van der Waals surface area (Å²) in [6, 6.07) is 0. The van der Waals surface area contributed by atoms with E-state index in [2.05, 4.69) is 16.8 Å². The first kappa shape index (κ1) is 15.6. The van der Waals surface area contributed by atoms with Crippen LogP contribution >= 0.6 is 0 Å². The lowest BCUT2D eigenvalue weighted by molar-refractivity contribution is 0.0486. The monoisotopic (exact) mass is 281 g/mol. The number of hydrogen-bond acceptors (Lipinski definition) is 2. The van der Waals surface area contributed by atoms with Gasteiger partial charge in [0.15, 0.2) is 5.96 Å². The van der Waals surface area contributed by atoms with Crippen LogP contribution in [0.3, 0.4) is 0 Å². The lowest BCUT2D eigenvalue weighted by Gasteiger charge is -2.31.